The van der Waals surface area contributed by atoms with Crippen LogP contribution in [0.2, 0.25) is 0 Å². The Hall–Kier alpha value is -3.55. The third kappa shape index (κ3) is 7.23. The van der Waals surface area contributed by atoms with Crippen LogP contribution in [0.4, 0.5) is 16.2 Å². The quantitative estimate of drug-likeness (QED) is 0.627. The summed E-state index contributed by atoms with van der Waals surface area (Å²) in [6, 6.07) is 17.5. The number of anilines is 2. The van der Waals surface area contributed by atoms with Crippen LogP contribution in [0.1, 0.15) is 32.8 Å². The molecular weight excluding hydrogens is 430 g/mol. The first-order chi connectivity index (χ1) is 16.4. The SMILES string of the molecule is CCC(=O)N(CC(=O)Nc1ccc(N2CCN(C(=O)NC(C)C)CC2)cc1)Cc1ccccc1. The average Bonchev–Trinajstić information content (AvgIpc) is 2.84. The highest BCUT2D eigenvalue weighted by Crippen LogP contribution is 2.20. The van der Waals surface area contributed by atoms with E-state index in [0.29, 0.717) is 31.7 Å². The fourth-order valence-electron chi connectivity index (χ4n) is 3.90. The van der Waals surface area contributed by atoms with E-state index < -0.39 is 0 Å². The highest BCUT2D eigenvalue weighted by atomic mass is 16.2. The third-order valence-corrected chi connectivity index (χ3v) is 5.70. The molecule has 3 rings (SSSR count). The van der Waals surface area contributed by atoms with Crippen molar-refractivity contribution in [1.82, 2.24) is 15.1 Å². The van der Waals surface area contributed by atoms with E-state index >= 15 is 0 Å². The molecule has 2 aromatic rings. The van der Waals surface area contributed by atoms with Crippen LogP contribution in [0.25, 0.3) is 0 Å². The van der Waals surface area contributed by atoms with Gasteiger partial charge < -0.3 is 25.3 Å². The summed E-state index contributed by atoms with van der Waals surface area (Å²) < 4.78 is 0. The summed E-state index contributed by atoms with van der Waals surface area (Å²) >= 11 is 0. The lowest BCUT2D eigenvalue weighted by Gasteiger charge is -2.36. The zero-order valence-corrected chi connectivity index (χ0v) is 20.3. The Balaban J connectivity index is 1.52. The summed E-state index contributed by atoms with van der Waals surface area (Å²) in [5.41, 5.74) is 2.73. The number of carbonyl (C=O) groups excluding carboxylic acids is 3. The number of hydrogen-bond acceptors (Lipinski definition) is 4. The summed E-state index contributed by atoms with van der Waals surface area (Å²) in [6.45, 7) is 8.96. The highest BCUT2D eigenvalue weighted by molar-refractivity contribution is 5.94. The Morgan fingerprint density at radius 3 is 2.18 bits per heavy atom. The monoisotopic (exact) mass is 465 g/mol. The molecule has 0 saturated carbocycles. The molecule has 2 aromatic carbocycles. The maximum atomic E-state index is 12.6. The predicted octanol–water partition coefficient (Wildman–Crippen LogP) is 3.30. The van der Waals surface area contributed by atoms with Crippen molar-refractivity contribution in [2.45, 2.75) is 39.8 Å². The third-order valence-electron chi connectivity index (χ3n) is 5.70. The van der Waals surface area contributed by atoms with Gasteiger partial charge in [0.1, 0.15) is 6.54 Å². The van der Waals surface area contributed by atoms with Gasteiger partial charge in [-0.3, -0.25) is 9.59 Å². The fraction of sp³-hybridized carbons (Fsp3) is 0.423. The molecule has 8 nitrogen and oxygen atoms in total. The Labute approximate surface area is 201 Å². The van der Waals surface area contributed by atoms with Crippen LogP contribution >= 0.6 is 0 Å². The summed E-state index contributed by atoms with van der Waals surface area (Å²) in [6.07, 6.45) is 0.348. The van der Waals surface area contributed by atoms with E-state index in [1.807, 2.05) is 73.3 Å². The molecule has 1 saturated heterocycles. The van der Waals surface area contributed by atoms with Gasteiger partial charge in [-0.2, -0.15) is 0 Å². The minimum atomic E-state index is -0.227. The molecule has 8 heteroatoms. The summed E-state index contributed by atoms with van der Waals surface area (Å²) in [5.74, 6) is -0.286. The molecule has 0 aromatic heterocycles. The largest absolute Gasteiger partial charge is 0.368 e. The van der Waals surface area contributed by atoms with E-state index in [1.165, 1.54) is 0 Å². The van der Waals surface area contributed by atoms with Gasteiger partial charge in [-0.1, -0.05) is 37.3 Å². The van der Waals surface area contributed by atoms with Crippen molar-refractivity contribution in [3.63, 3.8) is 0 Å². The maximum Gasteiger partial charge on any atom is 0.317 e. The van der Waals surface area contributed by atoms with Gasteiger partial charge in [0, 0.05) is 56.6 Å². The molecule has 2 N–H and O–H groups in total. The molecule has 1 aliphatic heterocycles. The first-order valence-corrected chi connectivity index (χ1v) is 11.9. The van der Waals surface area contributed by atoms with Gasteiger partial charge in [0.25, 0.3) is 0 Å². The Kier molecular flexibility index (Phi) is 8.90. The molecule has 1 aliphatic rings. The number of nitrogens with one attached hydrogen (secondary N) is 2. The van der Waals surface area contributed by atoms with Crippen molar-refractivity contribution in [3.05, 3.63) is 60.2 Å². The van der Waals surface area contributed by atoms with Crippen LogP contribution in [0.5, 0.6) is 0 Å². The number of rotatable bonds is 8. The van der Waals surface area contributed by atoms with Crippen molar-refractivity contribution in [1.29, 1.82) is 0 Å². The van der Waals surface area contributed by atoms with Crippen LogP contribution in [-0.2, 0) is 16.1 Å². The van der Waals surface area contributed by atoms with Gasteiger partial charge in [0.05, 0.1) is 0 Å². The molecule has 0 radical (unpaired) electrons. The van der Waals surface area contributed by atoms with Crippen LogP contribution in [0, 0.1) is 0 Å². The standard InChI is InChI=1S/C26H35N5O3/c1-4-25(33)31(18-21-8-6-5-7-9-21)19-24(32)28-22-10-12-23(13-11-22)29-14-16-30(17-15-29)26(34)27-20(2)3/h5-13,20H,4,14-19H2,1-3H3,(H,27,34)(H,28,32). The van der Waals surface area contributed by atoms with Crippen LogP contribution in [0.15, 0.2) is 54.6 Å². The normalized spacial score (nSPS) is 13.5. The smallest absolute Gasteiger partial charge is 0.317 e. The Morgan fingerprint density at radius 2 is 1.59 bits per heavy atom. The van der Waals surface area contributed by atoms with Gasteiger partial charge in [0.2, 0.25) is 11.8 Å². The number of nitrogens with zero attached hydrogens (tertiary/aromatic N) is 3. The maximum absolute atomic E-state index is 12.6. The first-order valence-electron chi connectivity index (χ1n) is 11.9. The van der Waals surface area contributed by atoms with E-state index in [4.69, 9.17) is 0 Å². The number of urea groups is 1. The van der Waals surface area contributed by atoms with E-state index in [9.17, 15) is 14.4 Å². The van der Waals surface area contributed by atoms with Crippen molar-refractivity contribution >= 4 is 29.2 Å². The number of amides is 4. The van der Waals surface area contributed by atoms with E-state index in [0.717, 1.165) is 24.3 Å². The lowest BCUT2D eigenvalue weighted by Crippen LogP contribution is -2.52. The van der Waals surface area contributed by atoms with Crippen LogP contribution < -0.4 is 15.5 Å². The van der Waals surface area contributed by atoms with Gasteiger partial charge in [0.15, 0.2) is 0 Å². The lowest BCUT2D eigenvalue weighted by molar-refractivity contribution is -0.135. The second kappa shape index (κ2) is 12.1. The zero-order chi connectivity index (χ0) is 24.5. The highest BCUT2D eigenvalue weighted by Gasteiger charge is 2.22. The molecular formula is C26H35N5O3. The minimum Gasteiger partial charge on any atom is -0.368 e. The Bertz CT molecular complexity index is 954. The van der Waals surface area contributed by atoms with Gasteiger partial charge in [-0.25, -0.2) is 4.79 Å². The van der Waals surface area contributed by atoms with E-state index in [2.05, 4.69) is 15.5 Å². The van der Waals surface area contributed by atoms with Crippen LogP contribution in [0.3, 0.4) is 0 Å². The number of hydrogen-bond donors (Lipinski definition) is 2. The lowest BCUT2D eigenvalue weighted by atomic mass is 10.2. The van der Waals surface area contributed by atoms with E-state index in [1.54, 1.807) is 11.8 Å². The predicted molar refractivity (Wildman–Crippen MR) is 135 cm³/mol. The van der Waals surface area contributed by atoms with Crippen molar-refractivity contribution in [3.8, 4) is 0 Å². The second-order valence-electron chi connectivity index (χ2n) is 8.76. The summed E-state index contributed by atoms with van der Waals surface area (Å²) in [4.78, 5) is 42.8. The number of benzene rings is 2. The average molecular weight is 466 g/mol. The van der Waals surface area contributed by atoms with Crippen LogP contribution in [-0.4, -0.2) is 66.4 Å². The molecule has 0 unspecified atom stereocenters. The zero-order valence-electron chi connectivity index (χ0n) is 20.3. The molecule has 182 valence electrons. The van der Waals surface area contributed by atoms with Gasteiger partial charge in [-0.05, 0) is 43.7 Å². The topological polar surface area (TPSA) is 85.0 Å². The molecule has 34 heavy (non-hydrogen) atoms. The number of piperazine rings is 1. The van der Waals surface area contributed by atoms with Crippen molar-refractivity contribution < 1.29 is 14.4 Å². The molecule has 4 amide bonds. The van der Waals surface area contributed by atoms with Crippen molar-refractivity contribution in [2.75, 3.05) is 42.9 Å². The van der Waals surface area contributed by atoms with Crippen molar-refractivity contribution in [2.24, 2.45) is 0 Å². The minimum absolute atomic E-state index is 0.00369. The molecule has 0 aliphatic carbocycles. The second-order valence-corrected chi connectivity index (χ2v) is 8.76. The summed E-state index contributed by atoms with van der Waals surface area (Å²) in [7, 11) is 0. The van der Waals surface area contributed by atoms with Gasteiger partial charge in [-0.15, -0.1) is 0 Å². The summed E-state index contributed by atoms with van der Waals surface area (Å²) in [5, 5.41) is 5.83. The van der Waals surface area contributed by atoms with E-state index in [-0.39, 0.29) is 30.4 Å². The van der Waals surface area contributed by atoms with Gasteiger partial charge >= 0.3 is 6.03 Å². The molecule has 0 bridgehead atoms. The molecule has 0 atom stereocenters. The fourth-order valence-corrected chi connectivity index (χ4v) is 3.90. The molecule has 1 fully saturated rings. The number of carbonyl (C=O) groups is 3. The first kappa shape index (κ1) is 25.1. The molecule has 1 heterocycles. The Morgan fingerprint density at radius 1 is 0.941 bits per heavy atom. The molecule has 0 spiro atoms.